The number of nitriles is 1. The summed E-state index contributed by atoms with van der Waals surface area (Å²) in [5.74, 6) is -0.152. The highest BCUT2D eigenvalue weighted by Gasteiger charge is 2.14. The van der Waals surface area contributed by atoms with Gasteiger partial charge in [-0.2, -0.15) is 5.26 Å². The molecule has 0 aliphatic rings. The van der Waals surface area contributed by atoms with Gasteiger partial charge in [0.05, 0.1) is 23.6 Å². The lowest BCUT2D eigenvalue weighted by Gasteiger charge is -2.14. The van der Waals surface area contributed by atoms with Crippen molar-refractivity contribution in [2.75, 3.05) is 0 Å². The standard InChI is InChI=1S/C15H15N3O/c1-2-11(7-9-16)18-15(19)13-8-10-17-14-6-4-3-5-12(13)14/h3-6,8,10-11H,2,7H2,1H3,(H,18,19). The van der Waals surface area contributed by atoms with Crippen LogP contribution in [0.1, 0.15) is 30.1 Å². The molecule has 0 radical (unpaired) electrons. The highest BCUT2D eigenvalue weighted by atomic mass is 16.1. The van der Waals surface area contributed by atoms with Crippen molar-refractivity contribution in [1.82, 2.24) is 10.3 Å². The Kier molecular flexibility index (Phi) is 4.09. The first kappa shape index (κ1) is 13.0. The smallest absolute Gasteiger partial charge is 0.252 e. The topological polar surface area (TPSA) is 65.8 Å². The summed E-state index contributed by atoms with van der Waals surface area (Å²) in [5.41, 5.74) is 1.39. The molecule has 0 aliphatic carbocycles. The molecule has 0 saturated heterocycles. The average Bonchev–Trinajstić information content (AvgIpc) is 2.46. The number of para-hydroxylation sites is 1. The number of nitrogens with zero attached hydrogens (tertiary/aromatic N) is 2. The van der Waals surface area contributed by atoms with Gasteiger partial charge in [0.2, 0.25) is 0 Å². The molecule has 0 fully saturated rings. The zero-order chi connectivity index (χ0) is 13.7. The van der Waals surface area contributed by atoms with Crippen molar-refractivity contribution in [3.8, 4) is 6.07 Å². The summed E-state index contributed by atoms with van der Waals surface area (Å²) in [4.78, 5) is 16.5. The first-order chi connectivity index (χ1) is 9.26. The summed E-state index contributed by atoms with van der Waals surface area (Å²) in [5, 5.41) is 12.4. The number of aromatic nitrogens is 1. The molecule has 1 amide bonds. The molecule has 4 nitrogen and oxygen atoms in total. The summed E-state index contributed by atoms with van der Waals surface area (Å²) in [7, 11) is 0. The van der Waals surface area contributed by atoms with Gasteiger partial charge in [0.1, 0.15) is 0 Å². The SMILES string of the molecule is CCC(CC#N)NC(=O)c1ccnc2ccccc12. The monoisotopic (exact) mass is 253 g/mol. The first-order valence-electron chi connectivity index (χ1n) is 6.27. The maximum atomic E-state index is 12.3. The fraction of sp³-hybridized carbons (Fsp3) is 0.267. The van der Waals surface area contributed by atoms with E-state index in [1.54, 1.807) is 12.3 Å². The number of hydrogen-bond donors (Lipinski definition) is 1. The summed E-state index contributed by atoms with van der Waals surface area (Å²) in [6.45, 7) is 1.95. The molecule has 4 heteroatoms. The van der Waals surface area contributed by atoms with Crippen LogP contribution in [0.15, 0.2) is 36.5 Å². The largest absolute Gasteiger partial charge is 0.348 e. The molecule has 1 unspecified atom stereocenters. The van der Waals surface area contributed by atoms with Crippen molar-refractivity contribution in [1.29, 1.82) is 5.26 Å². The lowest BCUT2D eigenvalue weighted by Crippen LogP contribution is -2.34. The molecule has 1 heterocycles. The van der Waals surface area contributed by atoms with E-state index in [1.165, 1.54) is 0 Å². The molecule has 1 N–H and O–H groups in total. The molecule has 0 bridgehead atoms. The summed E-state index contributed by atoms with van der Waals surface area (Å²) in [6.07, 6.45) is 2.69. The average molecular weight is 253 g/mol. The van der Waals surface area contributed by atoms with Crippen LogP contribution < -0.4 is 5.32 Å². The zero-order valence-electron chi connectivity index (χ0n) is 10.8. The van der Waals surface area contributed by atoms with E-state index in [9.17, 15) is 4.79 Å². The predicted octanol–water partition coefficient (Wildman–Crippen LogP) is 2.66. The number of carbonyl (C=O) groups is 1. The minimum atomic E-state index is -0.152. The first-order valence-corrected chi connectivity index (χ1v) is 6.27. The highest BCUT2D eigenvalue weighted by Crippen LogP contribution is 2.16. The Balaban J connectivity index is 2.29. The minimum Gasteiger partial charge on any atom is -0.348 e. The molecule has 2 rings (SSSR count). The van der Waals surface area contributed by atoms with E-state index in [0.29, 0.717) is 12.0 Å². The Morgan fingerprint density at radius 1 is 1.42 bits per heavy atom. The van der Waals surface area contributed by atoms with Gasteiger partial charge >= 0.3 is 0 Å². The second kappa shape index (κ2) is 5.96. The summed E-state index contributed by atoms with van der Waals surface area (Å²) in [6, 6.07) is 11.2. The van der Waals surface area contributed by atoms with Gasteiger partial charge in [-0.3, -0.25) is 9.78 Å². The number of benzene rings is 1. The van der Waals surface area contributed by atoms with Crippen LogP contribution >= 0.6 is 0 Å². The van der Waals surface area contributed by atoms with E-state index >= 15 is 0 Å². The third-order valence-electron chi connectivity index (χ3n) is 3.06. The van der Waals surface area contributed by atoms with Crippen LogP contribution in [0.25, 0.3) is 10.9 Å². The van der Waals surface area contributed by atoms with Gasteiger partial charge in [0.25, 0.3) is 5.91 Å². The van der Waals surface area contributed by atoms with Gasteiger partial charge < -0.3 is 5.32 Å². The fourth-order valence-corrected chi connectivity index (χ4v) is 1.96. The van der Waals surface area contributed by atoms with Crippen LogP contribution in [0.5, 0.6) is 0 Å². The Labute approximate surface area is 112 Å². The summed E-state index contributed by atoms with van der Waals surface area (Å²) >= 11 is 0. The lowest BCUT2D eigenvalue weighted by atomic mass is 10.1. The van der Waals surface area contributed by atoms with Crippen LogP contribution in [0.4, 0.5) is 0 Å². The number of amides is 1. The predicted molar refractivity (Wildman–Crippen MR) is 73.5 cm³/mol. The van der Waals surface area contributed by atoms with E-state index in [1.807, 2.05) is 31.2 Å². The van der Waals surface area contributed by atoms with Crippen LogP contribution in [0, 0.1) is 11.3 Å². The van der Waals surface area contributed by atoms with Crippen LogP contribution in [-0.4, -0.2) is 16.9 Å². The number of nitrogens with one attached hydrogen (secondary N) is 1. The molecule has 0 aliphatic heterocycles. The van der Waals surface area contributed by atoms with Crippen molar-refractivity contribution in [3.05, 3.63) is 42.1 Å². The molecule has 1 aromatic heterocycles. The lowest BCUT2D eigenvalue weighted by molar-refractivity contribution is 0.0938. The molecule has 2 aromatic rings. The zero-order valence-corrected chi connectivity index (χ0v) is 10.8. The van der Waals surface area contributed by atoms with Crippen molar-refractivity contribution in [2.24, 2.45) is 0 Å². The van der Waals surface area contributed by atoms with Crippen molar-refractivity contribution in [3.63, 3.8) is 0 Å². The van der Waals surface area contributed by atoms with E-state index in [0.717, 1.165) is 17.3 Å². The van der Waals surface area contributed by atoms with Gasteiger partial charge in [-0.15, -0.1) is 0 Å². The molecule has 19 heavy (non-hydrogen) atoms. The maximum Gasteiger partial charge on any atom is 0.252 e. The van der Waals surface area contributed by atoms with Crippen molar-refractivity contribution < 1.29 is 4.79 Å². The number of carbonyl (C=O) groups excluding carboxylic acids is 1. The van der Waals surface area contributed by atoms with Crippen molar-refractivity contribution in [2.45, 2.75) is 25.8 Å². The van der Waals surface area contributed by atoms with Crippen LogP contribution in [0.2, 0.25) is 0 Å². The second-order valence-corrected chi connectivity index (χ2v) is 4.32. The van der Waals surface area contributed by atoms with E-state index in [-0.39, 0.29) is 11.9 Å². The molecule has 96 valence electrons. The fourth-order valence-electron chi connectivity index (χ4n) is 1.96. The molecule has 0 saturated carbocycles. The van der Waals surface area contributed by atoms with Gasteiger partial charge in [0.15, 0.2) is 0 Å². The highest BCUT2D eigenvalue weighted by molar-refractivity contribution is 6.06. The Morgan fingerprint density at radius 2 is 2.21 bits per heavy atom. The van der Waals surface area contributed by atoms with Gasteiger partial charge in [-0.05, 0) is 18.6 Å². The Hall–Kier alpha value is -2.41. The van der Waals surface area contributed by atoms with Gasteiger partial charge in [-0.1, -0.05) is 25.1 Å². The number of fused-ring (bicyclic) bond motifs is 1. The molecule has 0 spiro atoms. The number of hydrogen-bond acceptors (Lipinski definition) is 3. The Bertz CT molecular complexity index is 625. The quantitative estimate of drug-likeness (QED) is 0.910. The third-order valence-corrected chi connectivity index (χ3v) is 3.06. The van der Waals surface area contributed by atoms with E-state index in [4.69, 9.17) is 5.26 Å². The summed E-state index contributed by atoms with van der Waals surface area (Å²) < 4.78 is 0. The maximum absolute atomic E-state index is 12.3. The van der Waals surface area contributed by atoms with Gasteiger partial charge in [0, 0.05) is 17.6 Å². The molecular weight excluding hydrogens is 238 g/mol. The normalized spacial score (nSPS) is 11.8. The minimum absolute atomic E-state index is 0.107. The molecular formula is C15H15N3O. The van der Waals surface area contributed by atoms with E-state index in [2.05, 4.69) is 16.4 Å². The Morgan fingerprint density at radius 3 is 2.95 bits per heavy atom. The van der Waals surface area contributed by atoms with E-state index < -0.39 is 0 Å². The van der Waals surface area contributed by atoms with Crippen LogP contribution in [-0.2, 0) is 0 Å². The second-order valence-electron chi connectivity index (χ2n) is 4.32. The van der Waals surface area contributed by atoms with Crippen LogP contribution in [0.3, 0.4) is 0 Å². The molecule has 1 aromatic carbocycles. The van der Waals surface area contributed by atoms with Gasteiger partial charge in [-0.25, -0.2) is 0 Å². The number of rotatable bonds is 4. The number of pyridine rings is 1. The molecule has 1 atom stereocenters. The third kappa shape index (κ3) is 2.89. The van der Waals surface area contributed by atoms with Crippen molar-refractivity contribution >= 4 is 16.8 Å².